The average Bonchev–Trinajstić information content (AvgIpc) is 3.20. The first kappa shape index (κ1) is 50.7. The number of nitrogens with one attached hydrogen (secondary N) is 2. The van der Waals surface area contributed by atoms with Crippen LogP contribution in [0.1, 0.15) is 27.1 Å². The number of nitrogen functional groups attached to an aromatic ring is 1. The van der Waals surface area contributed by atoms with Gasteiger partial charge in [-0.2, -0.15) is 25.3 Å². The molecule has 0 unspecified atom stereocenters. The summed E-state index contributed by atoms with van der Waals surface area (Å²) < 4.78 is 134. The van der Waals surface area contributed by atoms with Gasteiger partial charge < -0.3 is 44.3 Å². The summed E-state index contributed by atoms with van der Waals surface area (Å²) >= 11 is 11.8. The average molecular weight is 1010 g/mol. The maximum atomic E-state index is 13.1. The van der Waals surface area contributed by atoms with Crippen molar-refractivity contribution in [3.8, 4) is 28.2 Å². The lowest BCUT2D eigenvalue weighted by Gasteiger charge is -2.20. The minimum absolute atomic E-state index is 0.00136. The van der Waals surface area contributed by atoms with Gasteiger partial charge in [0.2, 0.25) is 0 Å². The number of halogens is 2. The van der Waals surface area contributed by atoms with Crippen molar-refractivity contribution in [2.45, 2.75) is 21.1 Å². The van der Waals surface area contributed by atoms with Gasteiger partial charge in [-0.3, -0.25) is 28.7 Å². The number of nitrogens with two attached hydrogens (primary N) is 1. The molecule has 0 fully saturated rings. The van der Waals surface area contributed by atoms with E-state index in [-0.39, 0.29) is 109 Å². The zero-order valence-electron chi connectivity index (χ0n) is 33.2. The Bertz CT molecular complexity index is 2990. The van der Waals surface area contributed by atoms with E-state index in [1.165, 1.54) is 24.3 Å². The molecule has 1 aliphatic heterocycles. The monoisotopic (exact) mass is 1010 g/mol. The van der Waals surface area contributed by atoms with Gasteiger partial charge in [0, 0.05) is 28.6 Å². The summed E-state index contributed by atoms with van der Waals surface area (Å²) in [5.41, 5.74) is 3.47. The van der Waals surface area contributed by atoms with Crippen molar-refractivity contribution in [3.63, 3.8) is 0 Å². The molecule has 27 heteroatoms. The number of hydrogen-bond acceptors (Lipinski definition) is 17. The van der Waals surface area contributed by atoms with E-state index in [1.54, 1.807) is 0 Å². The molecule has 3 aromatic rings. The fraction of sp³-hybridized carbons (Fsp3) is 0.263. The Morgan fingerprint density at radius 2 is 1.26 bits per heavy atom. The number of hydrogen-bond donors (Lipinski definition) is 7. The van der Waals surface area contributed by atoms with Gasteiger partial charge in [0.15, 0.2) is 26.9 Å². The van der Waals surface area contributed by atoms with Crippen LogP contribution in [0, 0.1) is 5.41 Å². The lowest BCUT2D eigenvalue weighted by atomic mass is 9.89. The van der Waals surface area contributed by atoms with Crippen molar-refractivity contribution in [1.29, 1.82) is 5.41 Å². The molecule has 0 saturated heterocycles. The molecular weight excluding hydrogens is 970 g/mol. The highest BCUT2D eigenvalue weighted by atomic mass is 35.5. The molecule has 3 aromatic carbocycles. The molecule has 65 heavy (non-hydrogen) atoms. The van der Waals surface area contributed by atoms with E-state index in [9.17, 15) is 53.8 Å². The number of carboxylic acid groups (broad SMARTS) is 1. The van der Waals surface area contributed by atoms with Crippen LogP contribution in [0.4, 0.5) is 5.69 Å². The third-order valence-corrected chi connectivity index (χ3v) is 12.1. The highest BCUT2D eigenvalue weighted by Gasteiger charge is 2.32. The lowest BCUT2D eigenvalue weighted by Crippen LogP contribution is -2.28. The number of esters is 1. The zero-order valence-corrected chi connectivity index (χ0v) is 37.2. The van der Waals surface area contributed by atoms with Crippen molar-refractivity contribution < 1.29 is 86.5 Å². The van der Waals surface area contributed by atoms with Gasteiger partial charge in [-0.1, -0.05) is 29.3 Å². The molecule has 0 aromatic heterocycles. The summed E-state index contributed by atoms with van der Waals surface area (Å²) in [6.07, 6.45) is -0.190. The number of benzene rings is 4. The summed E-state index contributed by atoms with van der Waals surface area (Å²) in [6.45, 7) is 1.05. The fourth-order valence-electron chi connectivity index (χ4n) is 6.08. The number of fused-ring (bicyclic) bond motifs is 2. The predicted molar refractivity (Wildman–Crippen MR) is 227 cm³/mol. The van der Waals surface area contributed by atoms with Gasteiger partial charge in [-0.05, 0) is 54.1 Å². The Balaban J connectivity index is 1.08. The Morgan fingerprint density at radius 3 is 1.82 bits per heavy atom. The first-order valence-corrected chi connectivity index (χ1v) is 23.5. The first-order chi connectivity index (χ1) is 30.5. The molecule has 1 aliphatic carbocycles. The molecule has 8 N–H and O–H groups in total. The Morgan fingerprint density at radius 1 is 0.708 bits per heavy atom. The van der Waals surface area contributed by atoms with Crippen molar-refractivity contribution in [1.82, 2.24) is 5.32 Å². The van der Waals surface area contributed by atoms with E-state index < -0.39 is 90.8 Å². The maximum Gasteiger partial charge on any atom is 0.336 e. The Kier molecular flexibility index (Phi) is 16.7. The van der Waals surface area contributed by atoms with Gasteiger partial charge in [-0.15, -0.1) is 0 Å². The minimum Gasteiger partial charge on any atom is -0.478 e. The Labute approximate surface area is 379 Å². The van der Waals surface area contributed by atoms with Crippen LogP contribution < -0.4 is 21.1 Å². The van der Waals surface area contributed by atoms with Crippen LogP contribution in [0.2, 0.25) is 10.0 Å². The minimum atomic E-state index is -5.22. The molecule has 0 saturated carbocycles. The summed E-state index contributed by atoms with van der Waals surface area (Å²) in [7, 11) is -15.0. The normalized spacial score (nSPS) is 12.1. The van der Waals surface area contributed by atoms with E-state index in [4.69, 9.17) is 67.0 Å². The second-order valence-electron chi connectivity index (χ2n) is 13.3. The number of carboxylic acids is 1. The van der Waals surface area contributed by atoms with Crippen molar-refractivity contribution in [2.24, 2.45) is 0 Å². The molecule has 0 radical (unpaired) electrons. The smallest absolute Gasteiger partial charge is 0.336 e. The Hall–Kier alpha value is -5.29. The number of aromatic carboxylic acids is 1. The van der Waals surface area contributed by atoms with Crippen LogP contribution in [0.3, 0.4) is 0 Å². The molecule has 1 heterocycles. The highest BCUT2D eigenvalue weighted by molar-refractivity contribution is 7.86. The van der Waals surface area contributed by atoms with Crippen LogP contribution in [-0.2, 0) is 54.1 Å². The van der Waals surface area contributed by atoms with Crippen LogP contribution >= 0.6 is 23.2 Å². The molecule has 0 bridgehead atoms. The molecule has 350 valence electrons. The molecule has 0 atom stereocenters. The first-order valence-electron chi connectivity index (χ1n) is 18.5. The summed E-state index contributed by atoms with van der Waals surface area (Å²) in [5, 5.41) is 19.5. The number of carbonyl (C=O) groups excluding carboxylic acids is 2. The second kappa shape index (κ2) is 21.3. The van der Waals surface area contributed by atoms with Gasteiger partial charge in [0.05, 0.1) is 90.8 Å². The standard InChI is InChI=1S/C38H37Cl2N3O19S3/c39-26-18-21(63(48,49)50)19-27(40)34(26)61-30(44)7-9-57-11-13-59-15-16-60-14-12-58-10-8-43-37(45)20-1-2-22(25(17-20)38(46)47)31-23-3-5-28(41)35(64(51,52)53)32(23)62-33-24(31)4-6-29(42)36(33)65(54,55)56/h1-6,17-19,41H,7-16,42H2,(H,43,45)(H,46,47)(H,48,49,50)(H,51,52,53)(H,54,55,56). The molecule has 22 nitrogen and oxygen atoms in total. The van der Waals surface area contributed by atoms with Crippen LogP contribution in [-0.4, -0.2) is 121 Å². The molecule has 5 rings (SSSR count). The molecule has 0 spiro atoms. The van der Waals surface area contributed by atoms with Crippen molar-refractivity contribution >= 4 is 88.1 Å². The SMILES string of the molecule is N=c1ccc2c(-c3ccc(C(=O)NCCOCCOCCOCCOCCC(=O)Oc4c(Cl)cc(S(=O)(=O)O)cc4Cl)cc3C(=O)O)c3ccc(N)c(S(=O)(=O)O)c3oc-2c1S(=O)(=O)O. The molecular formula is C38H37Cl2N3O19S3. The maximum absolute atomic E-state index is 13.1. The van der Waals surface area contributed by atoms with E-state index in [2.05, 4.69) is 5.32 Å². The van der Waals surface area contributed by atoms with Gasteiger partial charge in [0.25, 0.3) is 36.3 Å². The van der Waals surface area contributed by atoms with Crippen LogP contribution in [0.15, 0.2) is 73.7 Å². The quantitative estimate of drug-likeness (QED) is 0.0129. The largest absolute Gasteiger partial charge is 0.478 e. The zero-order chi connectivity index (χ0) is 47.9. The van der Waals surface area contributed by atoms with Gasteiger partial charge >= 0.3 is 11.9 Å². The van der Waals surface area contributed by atoms with E-state index in [0.717, 1.165) is 30.3 Å². The van der Waals surface area contributed by atoms with Crippen LogP contribution in [0.25, 0.3) is 33.4 Å². The second-order valence-corrected chi connectivity index (χ2v) is 18.2. The molecule has 2 aliphatic rings. The topological polar surface area (TPSA) is 356 Å². The number of carbonyl (C=O) groups is 3. The summed E-state index contributed by atoms with van der Waals surface area (Å²) in [5.74, 6) is -4.04. The van der Waals surface area contributed by atoms with Gasteiger partial charge in [0.1, 0.15) is 0 Å². The lowest BCUT2D eigenvalue weighted by molar-refractivity contribution is -0.135. The van der Waals surface area contributed by atoms with E-state index in [1.807, 2.05) is 0 Å². The van der Waals surface area contributed by atoms with Crippen molar-refractivity contribution in [3.05, 3.63) is 81.1 Å². The third-order valence-electron chi connectivity index (χ3n) is 8.88. The summed E-state index contributed by atoms with van der Waals surface area (Å²) in [6, 6.07) is 9.72. The molecule has 1 amide bonds. The van der Waals surface area contributed by atoms with Crippen LogP contribution in [0.5, 0.6) is 5.75 Å². The number of rotatable bonds is 22. The number of ether oxygens (including phenoxy) is 5. The highest BCUT2D eigenvalue weighted by Crippen LogP contribution is 2.46. The number of amides is 1. The van der Waals surface area contributed by atoms with Gasteiger partial charge in [-0.25, -0.2) is 4.79 Å². The third kappa shape index (κ3) is 12.7. The van der Waals surface area contributed by atoms with E-state index in [0.29, 0.717) is 0 Å². The van der Waals surface area contributed by atoms with E-state index >= 15 is 0 Å². The fourth-order valence-corrected chi connectivity index (χ4v) is 8.79. The van der Waals surface area contributed by atoms with Crippen molar-refractivity contribution in [2.75, 3.05) is 65.1 Å². The number of anilines is 1. The predicted octanol–water partition coefficient (Wildman–Crippen LogP) is 3.80. The summed E-state index contributed by atoms with van der Waals surface area (Å²) in [4.78, 5) is 35.2.